The standard InChI is InChI=1S/C27H32N4O9/c1-5-38-21-12-18(25-24(26(34)37-4)16(2)29-27(35)30-25)8-11-20(21)40-14-22(32)31-28-13-17-6-9-19(10-7-17)39-15-23(33)36-3/h6-13,22,25,31-32H,5,14-15H2,1-4H3,(H2,29,30,35)/b28-13-/t22-,25+/m1/s1. The van der Waals surface area contributed by atoms with Gasteiger partial charge in [-0.25, -0.2) is 14.4 Å². The fourth-order valence-electron chi connectivity index (χ4n) is 3.67. The highest BCUT2D eigenvalue weighted by atomic mass is 16.6. The Morgan fingerprint density at radius 1 is 1.07 bits per heavy atom. The van der Waals surface area contributed by atoms with Crippen LogP contribution in [0.5, 0.6) is 17.2 Å². The highest BCUT2D eigenvalue weighted by Crippen LogP contribution is 2.34. The first-order valence-corrected chi connectivity index (χ1v) is 12.3. The van der Waals surface area contributed by atoms with Gasteiger partial charge in [-0.15, -0.1) is 0 Å². The number of rotatable bonds is 13. The maximum atomic E-state index is 12.4. The minimum Gasteiger partial charge on any atom is -0.490 e. The summed E-state index contributed by atoms with van der Waals surface area (Å²) in [4.78, 5) is 35.6. The summed E-state index contributed by atoms with van der Waals surface area (Å²) in [6.07, 6.45) is 0.350. The number of hydrogen-bond donors (Lipinski definition) is 4. The molecular weight excluding hydrogens is 524 g/mol. The van der Waals surface area contributed by atoms with Crippen LogP contribution < -0.4 is 30.3 Å². The number of benzene rings is 2. The maximum Gasteiger partial charge on any atom is 0.343 e. The number of esters is 2. The molecule has 0 fully saturated rings. The maximum absolute atomic E-state index is 12.4. The molecule has 2 aromatic rings. The average molecular weight is 557 g/mol. The molecule has 0 aliphatic carbocycles. The van der Waals surface area contributed by atoms with E-state index in [4.69, 9.17) is 18.9 Å². The molecule has 2 aromatic carbocycles. The number of carbonyl (C=O) groups excluding carboxylic acids is 3. The summed E-state index contributed by atoms with van der Waals surface area (Å²) >= 11 is 0. The zero-order valence-corrected chi connectivity index (χ0v) is 22.6. The van der Waals surface area contributed by atoms with E-state index in [1.165, 1.54) is 20.4 Å². The first-order valence-electron chi connectivity index (χ1n) is 12.3. The van der Waals surface area contributed by atoms with Crippen LogP contribution in [0.4, 0.5) is 4.79 Å². The van der Waals surface area contributed by atoms with Gasteiger partial charge in [-0.05, 0) is 61.4 Å². The van der Waals surface area contributed by atoms with Crippen molar-refractivity contribution in [2.75, 3.05) is 34.0 Å². The van der Waals surface area contributed by atoms with Gasteiger partial charge in [-0.2, -0.15) is 5.10 Å². The number of urea groups is 1. The number of ether oxygens (including phenoxy) is 5. The third-order valence-corrected chi connectivity index (χ3v) is 5.57. The van der Waals surface area contributed by atoms with Crippen LogP contribution in [0.1, 0.15) is 31.0 Å². The van der Waals surface area contributed by atoms with Crippen molar-refractivity contribution in [2.24, 2.45) is 5.10 Å². The lowest BCUT2D eigenvalue weighted by Crippen LogP contribution is -2.45. The number of nitrogens with zero attached hydrogens (tertiary/aromatic N) is 1. The predicted octanol–water partition coefficient (Wildman–Crippen LogP) is 1.76. The van der Waals surface area contributed by atoms with E-state index in [0.29, 0.717) is 35.1 Å². The molecule has 13 heteroatoms. The van der Waals surface area contributed by atoms with Crippen molar-refractivity contribution in [1.82, 2.24) is 16.1 Å². The Morgan fingerprint density at radius 2 is 1.82 bits per heavy atom. The lowest BCUT2D eigenvalue weighted by molar-refractivity contribution is -0.143. The summed E-state index contributed by atoms with van der Waals surface area (Å²) < 4.78 is 26.1. The number of aliphatic hydroxyl groups is 1. The van der Waals surface area contributed by atoms with Crippen LogP contribution >= 0.6 is 0 Å². The van der Waals surface area contributed by atoms with Gasteiger partial charge in [0.05, 0.1) is 38.7 Å². The molecule has 40 heavy (non-hydrogen) atoms. The monoisotopic (exact) mass is 556 g/mol. The number of amides is 2. The Hall–Kier alpha value is -4.78. The Bertz CT molecular complexity index is 1260. The van der Waals surface area contributed by atoms with E-state index < -0.39 is 30.2 Å². The molecule has 1 aliphatic rings. The second-order valence-electron chi connectivity index (χ2n) is 8.35. The number of carbonyl (C=O) groups is 3. The lowest BCUT2D eigenvalue weighted by atomic mass is 9.95. The van der Waals surface area contributed by atoms with Crippen molar-refractivity contribution < 1.29 is 43.2 Å². The molecule has 0 radical (unpaired) electrons. The van der Waals surface area contributed by atoms with Gasteiger partial charge in [0.25, 0.3) is 0 Å². The van der Waals surface area contributed by atoms with Crippen LogP contribution in [-0.4, -0.2) is 69.6 Å². The summed E-state index contributed by atoms with van der Waals surface area (Å²) in [6, 6.07) is 10.5. The largest absolute Gasteiger partial charge is 0.490 e. The van der Waals surface area contributed by atoms with Crippen LogP contribution in [0.3, 0.4) is 0 Å². The first kappa shape index (κ1) is 29.8. The quantitative estimate of drug-likeness (QED) is 0.124. The average Bonchev–Trinajstić information content (AvgIpc) is 2.95. The second kappa shape index (κ2) is 14.4. The summed E-state index contributed by atoms with van der Waals surface area (Å²) in [5.74, 6) is 0.144. The van der Waals surface area contributed by atoms with Crippen molar-refractivity contribution in [1.29, 1.82) is 0 Å². The molecule has 3 rings (SSSR count). The molecule has 0 saturated heterocycles. The van der Waals surface area contributed by atoms with Crippen LogP contribution in [0.25, 0.3) is 0 Å². The van der Waals surface area contributed by atoms with Gasteiger partial charge in [-0.3, -0.25) is 5.43 Å². The van der Waals surface area contributed by atoms with Crippen molar-refractivity contribution in [3.05, 3.63) is 64.9 Å². The van der Waals surface area contributed by atoms with Gasteiger partial charge in [-0.1, -0.05) is 6.07 Å². The fourth-order valence-corrected chi connectivity index (χ4v) is 3.67. The highest BCUT2D eigenvalue weighted by molar-refractivity contribution is 5.95. The Labute approximate surface area is 231 Å². The topological polar surface area (TPSA) is 166 Å². The molecule has 4 N–H and O–H groups in total. The number of allylic oxidation sites excluding steroid dienone is 1. The van der Waals surface area contributed by atoms with Gasteiger partial charge >= 0.3 is 18.0 Å². The van der Waals surface area contributed by atoms with Crippen molar-refractivity contribution >= 4 is 24.2 Å². The number of methoxy groups -OCH3 is 2. The second-order valence-corrected chi connectivity index (χ2v) is 8.35. The van der Waals surface area contributed by atoms with Crippen molar-refractivity contribution in [3.8, 4) is 17.2 Å². The van der Waals surface area contributed by atoms with E-state index in [1.54, 1.807) is 56.3 Å². The van der Waals surface area contributed by atoms with Gasteiger partial charge in [0.1, 0.15) is 12.4 Å². The highest BCUT2D eigenvalue weighted by Gasteiger charge is 2.32. The lowest BCUT2D eigenvalue weighted by Gasteiger charge is -2.28. The third kappa shape index (κ3) is 8.11. The third-order valence-electron chi connectivity index (χ3n) is 5.57. The fraction of sp³-hybridized carbons (Fsp3) is 0.333. The van der Waals surface area contributed by atoms with Crippen LogP contribution in [0.15, 0.2) is 58.8 Å². The molecule has 1 heterocycles. The SMILES string of the molecule is CCOc1cc([C@@H]2NC(=O)NC(C)=C2C(=O)OC)ccc1OC[C@@H](O)N/N=C\c1ccc(OCC(=O)OC)cc1. The molecular formula is C27H32N4O9. The summed E-state index contributed by atoms with van der Waals surface area (Å²) in [6.45, 7) is 3.40. The molecule has 2 amide bonds. The normalized spacial score (nSPS) is 15.5. The molecule has 13 nitrogen and oxygen atoms in total. The molecule has 0 aromatic heterocycles. The zero-order chi connectivity index (χ0) is 29.1. The summed E-state index contributed by atoms with van der Waals surface area (Å²) in [5, 5.41) is 19.6. The van der Waals surface area contributed by atoms with E-state index in [1.807, 2.05) is 0 Å². The number of nitrogens with one attached hydrogen (secondary N) is 3. The van der Waals surface area contributed by atoms with Gasteiger partial charge in [0, 0.05) is 5.70 Å². The molecule has 2 atom stereocenters. The van der Waals surface area contributed by atoms with Crippen LogP contribution in [-0.2, 0) is 19.1 Å². The van der Waals surface area contributed by atoms with Crippen LogP contribution in [0.2, 0.25) is 0 Å². The molecule has 0 saturated carbocycles. The summed E-state index contributed by atoms with van der Waals surface area (Å²) in [5.41, 5.74) is 4.52. The Balaban J connectivity index is 1.61. The molecule has 0 unspecified atom stereocenters. The molecule has 1 aliphatic heterocycles. The summed E-state index contributed by atoms with van der Waals surface area (Å²) in [7, 11) is 2.55. The predicted molar refractivity (Wildman–Crippen MR) is 143 cm³/mol. The van der Waals surface area contributed by atoms with Gasteiger partial charge in [0.15, 0.2) is 24.3 Å². The van der Waals surface area contributed by atoms with E-state index in [9.17, 15) is 19.5 Å². The Morgan fingerprint density at radius 3 is 2.50 bits per heavy atom. The zero-order valence-electron chi connectivity index (χ0n) is 22.6. The number of aliphatic hydroxyl groups excluding tert-OH is 1. The van der Waals surface area contributed by atoms with E-state index >= 15 is 0 Å². The molecule has 0 spiro atoms. The minimum atomic E-state index is -1.15. The van der Waals surface area contributed by atoms with E-state index in [0.717, 1.165) is 5.56 Å². The van der Waals surface area contributed by atoms with Gasteiger partial charge in [0.2, 0.25) is 0 Å². The van der Waals surface area contributed by atoms with Crippen molar-refractivity contribution in [3.63, 3.8) is 0 Å². The van der Waals surface area contributed by atoms with Crippen molar-refractivity contribution in [2.45, 2.75) is 26.1 Å². The van der Waals surface area contributed by atoms with Crippen LogP contribution in [0, 0.1) is 0 Å². The smallest absolute Gasteiger partial charge is 0.343 e. The molecule has 0 bridgehead atoms. The number of hydrazone groups is 1. The van der Waals surface area contributed by atoms with Gasteiger partial charge < -0.3 is 39.4 Å². The number of hydrogen-bond acceptors (Lipinski definition) is 11. The molecule has 214 valence electrons. The first-order chi connectivity index (χ1) is 19.2. The van der Waals surface area contributed by atoms with E-state index in [2.05, 4.69) is 25.9 Å². The van der Waals surface area contributed by atoms with E-state index in [-0.39, 0.29) is 18.8 Å². The minimum absolute atomic E-state index is 0.159. The Kier molecular flexibility index (Phi) is 10.7.